The summed E-state index contributed by atoms with van der Waals surface area (Å²) in [4.78, 5) is 12.2. The number of fused-ring (bicyclic) bond motifs is 1. The molecule has 4 rings (SSSR count). The summed E-state index contributed by atoms with van der Waals surface area (Å²) in [7, 11) is 0. The Bertz CT molecular complexity index is 931. The fraction of sp³-hybridized carbons (Fsp3) is 0.400. The SMILES string of the molecule is CCc1ccc(-c2ccc3nnc(SCC(=O)NC4CCCC4)n3n2)cc1. The molecule has 1 aliphatic rings. The molecule has 0 bridgehead atoms. The summed E-state index contributed by atoms with van der Waals surface area (Å²) in [6, 6.07) is 12.6. The van der Waals surface area contributed by atoms with Crippen molar-refractivity contribution in [2.75, 3.05) is 5.75 Å². The van der Waals surface area contributed by atoms with E-state index < -0.39 is 0 Å². The molecule has 1 aromatic carbocycles. The summed E-state index contributed by atoms with van der Waals surface area (Å²) in [5.74, 6) is 0.379. The lowest BCUT2D eigenvalue weighted by molar-refractivity contribution is -0.119. The molecule has 0 aliphatic heterocycles. The van der Waals surface area contributed by atoms with Gasteiger partial charge >= 0.3 is 0 Å². The van der Waals surface area contributed by atoms with Gasteiger partial charge in [-0.3, -0.25) is 4.79 Å². The number of hydrogen-bond acceptors (Lipinski definition) is 5. The third-order valence-corrected chi connectivity index (χ3v) is 5.86. The van der Waals surface area contributed by atoms with E-state index in [1.54, 1.807) is 4.52 Å². The minimum atomic E-state index is 0.0509. The fourth-order valence-corrected chi connectivity index (χ4v) is 4.09. The van der Waals surface area contributed by atoms with Crippen molar-refractivity contribution in [1.29, 1.82) is 0 Å². The van der Waals surface area contributed by atoms with Crippen LogP contribution in [0.2, 0.25) is 0 Å². The second-order valence-electron chi connectivity index (χ2n) is 6.86. The van der Waals surface area contributed by atoms with E-state index in [0.29, 0.717) is 22.6 Å². The molecule has 6 nitrogen and oxygen atoms in total. The molecule has 1 amide bonds. The van der Waals surface area contributed by atoms with E-state index in [1.807, 2.05) is 12.1 Å². The zero-order valence-electron chi connectivity index (χ0n) is 15.4. The predicted octanol–water partition coefficient (Wildman–Crippen LogP) is 3.50. The van der Waals surface area contributed by atoms with Crippen molar-refractivity contribution < 1.29 is 4.79 Å². The van der Waals surface area contributed by atoms with E-state index >= 15 is 0 Å². The van der Waals surface area contributed by atoms with Gasteiger partial charge in [0.05, 0.1) is 11.4 Å². The van der Waals surface area contributed by atoms with E-state index in [0.717, 1.165) is 30.5 Å². The largest absolute Gasteiger partial charge is 0.353 e. The number of aryl methyl sites for hydroxylation is 1. The van der Waals surface area contributed by atoms with Crippen LogP contribution < -0.4 is 5.32 Å². The van der Waals surface area contributed by atoms with Crippen LogP contribution in [-0.4, -0.2) is 37.5 Å². The molecule has 3 aromatic rings. The van der Waals surface area contributed by atoms with E-state index in [4.69, 9.17) is 0 Å². The second-order valence-corrected chi connectivity index (χ2v) is 7.80. The van der Waals surface area contributed by atoms with Gasteiger partial charge in [0, 0.05) is 11.6 Å². The Morgan fingerprint density at radius 1 is 1.15 bits per heavy atom. The zero-order valence-corrected chi connectivity index (χ0v) is 16.2. The number of carbonyl (C=O) groups is 1. The van der Waals surface area contributed by atoms with Crippen LogP contribution in [0.15, 0.2) is 41.6 Å². The van der Waals surface area contributed by atoms with Gasteiger partial charge in [0.15, 0.2) is 5.65 Å². The lowest BCUT2D eigenvalue weighted by Gasteiger charge is -2.11. The highest BCUT2D eigenvalue weighted by Gasteiger charge is 2.18. The average Bonchev–Trinajstić information content (AvgIpc) is 3.35. The number of carbonyl (C=O) groups excluding carboxylic acids is 1. The van der Waals surface area contributed by atoms with Crippen molar-refractivity contribution >= 4 is 23.3 Å². The predicted molar refractivity (Wildman–Crippen MR) is 107 cm³/mol. The highest BCUT2D eigenvalue weighted by Crippen LogP contribution is 2.22. The maximum absolute atomic E-state index is 12.2. The van der Waals surface area contributed by atoms with E-state index in [1.165, 1.54) is 30.2 Å². The minimum Gasteiger partial charge on any atom is -0.353 e. The van der Waals surface area contributed by atoms with Gasteiger partial charge in [0.1, 0.15) is 0 Å². The maximum atomic E-state index is 12.2. The van der Waals surface area contributed by atoms with Gasteiger partial charge in [-0.15, -0.1) is 10.2 Å². The van der Waals surface area contributed by atoms with Crippen LogP contribution in [0.4, 0.5) is 0 Å². The number of rotatable bonds is 6. The van der Waals surface area contributed by atoms with Gasteiger partial charge < -0.3 is 5.32 Å². The third-order valence-electron chi connectivity index (χ3n) is 4.94. The number of nitrogens with zero attached hydrogens (tertiary/aromatic N) is 4. The molecular weight excluding hydrogens is 358 g/mol. The first-order valence-corrected chi connectivity index (χ1v) is 10.5. The molecule has 0 atom stereocenters. The summed E-state index contributed by atoms with van der Waals surface area (Å²) < 4.78 is 1.72. The van der Waals surface area contributed by atoms with E-state index in [-0.39, 0.29) is 5.91 Å². The van der Waals surface area contributed by atoms with Crippen LogP contribution in [0.3, 0.4) is 0 Å². The van der Waals surface area contributed by atoms with Crippen LogP contribution in [-0.2, 0) is 11.2 Å². The van der Waals surface area contributed by atoms with Crippen molar-refractivity contribution in [3.8, 4) is 11.3 Å². The van der Waals surface area contributed by atoms with Crippen LogP contribution in [0.5, 0.6) is 0 Å². The number of thioether (sulfide) groups is 1. The van der Waals surface area contributed by atoms with Crippen molar-refractivity contribution in [3.05, 3.63) is 42.0 Å². The van der Waals surface area contributed by atoms with Gasteiger partial charge in [0.25, 0.3) is 0 Å². The number of aromatic nitrogens is 4. The summed E-state index contributed by atoms with van der Waals surface area (Å²) in [5, 5.41) is 16.8. The van der Waals surface area contributed by atoms with Crippen LogP contribution in [0, 0.1) is 0 Å². The van der Waals surface area contributed by atoms with Gasteiger partial charge in [0.2, 0.25) is 11.1 Å². The Hall–Kier alpha value is -2.41. The number of nitrogens with one attached hydrogen (secondary N) is 1. The highest BCUT2D eigenvalue weighted by molar-refractivity contribution is 7.99. The van der Waals surface area contributed by atoms with E-state index in [2.05, 4.69) is 51.8 Å². The lowest BCUT2D eigenvalue weighted by atomic mass is 10.1. The van der Waals surface area contributed by atoms with Gasteiger partial charge in [-0.1, -0.05) is 55.8 Å². The lowest BCUT2D eigenvalue weighted by Crippen LogP contribution is -2.33. The number of amides is 1. The molecule has 1 fully saturated rings. The van der Waals surface area contributed by atoms with Crippen LogP contribution >= 0.6 is 11.8 Å². The maximum Gasteiger partial charge on any atom is 0.230 e. The molecule has 0 radical (unpaired) electrons. The highest BCUT2D eigenvalue weighted by atomic mass is 32.2. The van der Waals surface area contributed by atoms with Gasteiger partial charge in [-0.2, -0.15) is 9.61 Å². The molecular formula is C20H23N5OS. The smallest absolute Gasteiger partial charge is 0.230 e. The Morgan fingerprint density at radius 3 is 2.67 bits per heavy atom. The standard InChI is InChI=1S/C20H23N5OS/c1-2-14-7-9-15(10-8-14)17-11-12-18-22-23-20(25(18)24-17)27-13-19(26)21-16-5-3-4-6-16/h7-12,16H,2-6,13H2,1H3,(H,21,26). The van der Waals surface area contributed by atoms with Crippen LogP contribution in [0.1, 0.15) is 38.2 Å². The molecule has 2 heterocycles. The molecule has 0 unspecified atom stereocenters. The molecule has 0 saturated heterocycles. The van der Waals surface area contributed by atoms with Crippen molar-refractivity contribution in [3.63, 3.8) is 0 Å². The molecule has 27 heavy (non-hydrogen) atoms. The first-order valence-electron chi connectivity index (χ1n) is 9.47. The monoisotopic (exact) mass is 381 g/mol. The van der Waals surface area contributed by atoms with E-state index in [9.17, 15) is 4.79 Å². The summed E-state index contributed by atoms with van der Waals surface area (Å²) in [6.07, 6.45) is 5.61. The Labute approximate surface area is 162 Å². The molecule has 1 N–H and O–H groups in total. The fourth-order valence-electron chi connectivity index (χ4n) is 3.39. The molecule has 1 saturated carbocycles. The quantitative estimate of drug-likeness (QED) is 0.662. The van der Waals surface area contributed by atoms with Crippen molar-refractivity contribution in [1.82, 2.24) is 25.1 Å². The van der Waals surface area contributed by atoms with Gasteiger partial charge in [-0.25, -0.2) is 0 Å². The molecule has 7 heteroatoms. The first kappa shape index (κ1) is 18.0. The summed E-state index contributed by atoms with van der Waals surface area (Å²) >= 11 is 1.37. The number of hydrogen-bond donors (Lipinski definition) is 1. The van der Waals surface area contributed by atoms with Crippen molar-refractivity contribution in [2.24, 2.45) is 0 Å². The Morgan fingerprint density at radius 2 is 1.93 bits per heavy atom. The Balaban J connectivity index is 1.48. The minimum absolute atomic E-state index is 0.0509. The summed E-state index contributed by atoms with van der Waals surface area (Å²) in [5.41, 5.74) is 3.90. The average molecular weight is 382 g/mol. The second kappa shape index (κ2) is 8.08. The molecule has 0 spiro atoms. The molecule has 1 aliphatic carbocycles. The summed E-state index contributed by atoms with van der Waals surface area (Å²) in [6.45, 7) is 2.14. The molecule has 2 aromatic heterocycles. The van der Waals surface area contributed by atoms with Gasteiger partial charge in [-0.05, 0) is 37.0 Å². The molecule has 140 valence electrons. The first-order chi connectivity index (χ1) is 13.2. The number of benzene rings is 1. The topological polar surface area (TPSA) is 72.2 Å². The van der Waals surface area contributed by atoms with Crippen LogP contribution in [0.25, 0.3) is 16.9 Å². The third kappa shape index (κ3) is 4.13. The van der Waals surface area contributed by atoms with Crippen molar-refractivity contribution in [2.45, 2.75) is 50.2 Å². The Kier molecular flexibility index (Phi) is 5.38. The zero-order chi connectivity index (χ0) is 18.6. The normalized spacial score (nSPS) is 14.7.